The number of rotatable bonds is 6. The molecule has 0 saturated carbocycles. The summed E-state index contributed by atoms with van der Waals surface area (Å²) in [7, 11) is 3.25. The number of aryl methyl sites for hydroxylation is 1. The second-order valence-electron chi connectivity index (χ2n) is 6.29. The predicted octanol–water partition coefficient (Wildman–Crippen LogP) is 3.55. The predicted molar refractivity (Wildman–Crippen MR) is 103 cm³/mol. The van der Waals surface area contributed by atoms with E-state index >= 15 is 0 Å². The molecule has 0 unspecified atom stereocenters. The maximum atomic E-state index is 12.3. The quantitative estimate of drug-likeness (QED) is 0.807. The lowest BCUT2D eigenvalue weighted by Crippen LogP contribution is -2.36. The average Bonchev–Trinajstić information content (AvgIpc) is 2.67. The highest BCUT2D eigenvalue weighted by Gasteiger charge is 2.19. The number of likely N-dealkylation sites (N-methyl/N-ethyl adjacent to an activating group) is 1. The highest BCUT2D eigenvalue weighted by atomic mass is 16.5. The van der Waals surface area contributed by atoms with E-state index in [1.54, 1.807) is 20.2 Å². The number of nitrogens with one attached hydrogen (secondary N) is 1. The molecule has 1 N–H and O–H groups in total. The molecule has 0 aliphatic rings. The SMILES string of the molecule is CCc1ccc(CN(C)C(=O)C(=O)Nc2cccc([C@@H](C)OC)c2)cc1. The third-order valence-electron chi connectivity index (χ3n) is 4.36. The summed E-state index contributed by atoms with van der Waals surface area (Å²) < 4.78 is 5.28. The number of nitrogens with zero attached hydrogens (tertiary/aromatic N) is 1. The number of hydrogen-bond donors (Lipinski definition) is 1. The molecule has 5 heteroatoms. The molecule has 0 bridgehead atoms. The van der Waals surface area contributed by atoms with Crippen LogP contribution in [0.2, 0.25) is 0 Å². The van der Waals surface area contributed by atoms with Gasteiger partial charge < -0.3 is 15.0 Å². The molecule has 0 aliphatic heterocycles. The molecule has 0 fully saturated rings. The number of carbonyl (C=O) groups excluding carboxylic acids is 2. The van der Waals surface area contributed by atoms with Crippen LogP contribution in [-0.2, 0) is 27.3 Å². The fraction of sp³-hybridized carbons (Fsp3) is 0.333. The van der Waals surface area contributed by atoms with Gasteiger partial charge in [-0.2, -0.15) is 0 Å². The zero-order chi connectivity index (χ0) is 19.1. The summed E-state index contributed by atoms with van der Waals surface area (Å²) in [6.45, 7) is 4.40. The van der Waals surface area contributed by atoms with Crippen LogP contribution >= 0.6 is 0 Å². The van der Waals surface area contributed by atoms with Crippen molar-refractivity contribution in [3.63, 3.8) is 0 Å². The van der Waals surface area contributed by atoms with Gasteiger partial charge in [0.1, 0.15) is 0 Å². The van der Waals surface area contributed by atoms with E-state index in [4.69, 9.17) is 4.74 Å². The lowest BCUT2D eigenvalue weighted by Gasteiger charge is -2.17. The van der Waals surface area contributed by atoms with E-state index in [0.29, 0.717) is 12.2 Å². The third kappa shape index (κ3) is 5.17. The molecule has 2 rings (SSSR count). The van der Waals surface area contributed by atoms with Crippen molar-refractivity contribution in [1.82, 2.24) is 4.90 Å². The minimum atomic E-state index is -0.653. The van der Waals surface area contributed by atoms with E-state index in [1.165, 1.54) is 10.5 Å². The van der Waals surface area contributed by atoms with Gasteiger partial charge >= 0.3 is 11.8 Å². The van der Waals surface area contributed by atoms with E-state index < -0.39 is 11.8 Å². The molecule has 0 spiro atoms. The Kier molecular flexibility index (Phi) is 6.92. The van der Waals surface area contributed by atoms with Gasteiger partial charge in [-0.3, -0.25) is 9.59 Å². The van der Waals surface area contributed by atoms with Crippen LogP contribution in [0, 0.1) is 0 Å². The molecular formula is C21H26N2O3. The van der Waals surface area contributed by atoms with Crippen LogP contribution in [0.1, 0.15) is 36.6 Å². The summed E-state index contributed by atoms with van der Waals surface area (Å²) in [4.78, 5) is 26.0. The van der Waals surface area contributed by atoms with Crippen LogP contribution in [-0.4, -0.2) is 30.9 Å². The van der Waals surface area contributed by atoms with E-state index in [1.807, 2.05) is 49.4 Å². The Balaban J connectivity index is 1.98. The normalized spacial score (nSPS) is 11.7. The minimum absolute atomic E-state index is 0.0867. The number of amides is 2. The van der Waals surface area contributed by atoms with Crippen LogP contribution in [0.4, 0.5) is 5.69 Å². The van der Waals surface area contributed by atoms with Crippen molar-refractivity contribution >= 4 is 17.5 Å². The van der Waals surface area contributed by atoms with Crippen LogP contribution in [0.15, 0.2) is 48.5 Å². The maximum absolute atomic E-state index is 12.3. The van der Waals surface area contributed by atoms with Crippen molar-refractivity contribution in [2.45, 2.75) is 32.9 Å². The van der Waals surface area contributed by atoms with Crippen molar-refractivity contribution in [3.05, 3.63) is 65.2 Å². The van der Waals surface area contributed by atoms with Crippen molar-refractivity contribution in [3.8, 4) is 0 Å². The lowest BCUT2D eigenvalue weighted by molar-refractivity contribution is -0.142. The summed E-state index contributed by atoms with van der Waals surface area (Å²) >= 11 is 0. The van der Waals surface area contributed by atoms with Gasteiger partial charge in [-0.05, 0) is 42.2 Å². The third-order valence-corrected chi connectivity index (χ3v) is 4.36. The van der Waals surface area contributed by atoms with Gasteiger partial charge in [-0.25, -0.2) is 0 Å². The van der Waals surface area contributed by atoms with Gasteiger partial charge in [0.2, 0.25) is 0 Å². The van der Waals surface area contributed by atoms with Crippen LogP contribution in [0.5, 0.6) is 0 Å². The molecule has 0 saturated heterocycles. The zero-order valence-electron chi connectivity index (χ0n) is 15.8. The summed E-state index contributed by atoms with van der Waals surface area (Å²) in [6.07, 6.45) is 0.884. The van der Waals surface area contributed by atoms with Crippen molar-refractivity contribution in [2.24, 2.45) is 0 Å². The Hall–Kier alpha value is -2.66. The molecule has 0 radical (unpaired) electrons. The molecule has 0 aromatic heterocycles. The number of anilines is 1. The van der Waals surface area contributed by atoms with Gasteiger partial charge in [0.15, 0.2) is 0 Å². The molecule has 138 valence electrons. The fourth-order valence-corrected chi connectivity index (χ4v) is 2.59. The average molecular weight is 354 g/mol. The Bertz CT molecular complexity index is 756. The van der Waals surface area contributed by atoms with Crippen LogP contribution in [0.3, 0.4) is 0 Å². The van der Waals surface area contributed by atoms with Crippen LogP contribution < -0.4 is 5.32 Å². The van der Waals surface area contributed by atoms with E-state index in [0.717, 1.165) is 17.5 Å². The summed E-state index contributed by atoms with van der Waals surface area (Å²) in [5.74, 6) is -1.23. The van der Waals surface area contributed by atoms with Crippen molar-refractivity contribution in [1.29, 1.82) is 0 Å². The number of carbonyl (C=O) groups is 2. The molecule has 2 aromatic carbocycles. The second kappa shape index (κ2) is 9.15. The Morgan fingerprint density at radius 2 is 1.77 bits per heavy atom. The number of benzene rings is 2. The van der Waals surface area contributed by atoms with Crippen molar-refractivity contribution in [2.75, 3.05) is 19.5 Å². The largest absolute Gasteiger partial charge is 0.377 e. The summed E-state index contributed by atoms with van der Waals surface area (Å²) in [5.41, 5.74) is 3.74. The summed E-state index contributed by atoms with van der Waals surface area (Å²) in [5, 5.41) is 2.66. The Labute approximate surface area is 155 Å². The second-order valence-corrected chi connectivity index (χ2v) is 6.29. The molecule has 0 aliphatic carbocycles. The van der Waals surface area contributed by atoms with Gasteiger partial charge in [0, 0.05) is 26.4 Å². The van der Waals surface area contributed by atoms with Crippen LogP contribution in [0.25, 0.3) is 0 Å². The van der Waals surface area contributed by atoms with Gasteiger partial charge in [-0.15, -0.1) is 0 Å². The maximum Gasteiger partial charge on any atom is 0.313 e. The Morgan fingerprint density at radius 1 is 1.12 bits per heavy atom. The first-order valence-corrected chi connectivity index (χ1v) is 8.71. The molecular weight excluding hydrogens is 328 g/mol. The van der Waals surface area contributed by atoms with Gasteiger partial charge in [0.25, 0.3) is 0 Å². The first-order chi connectivity index (χ1) is 12.4. The number of hydrogen-bond acceptors (Lipinski definition) is 3. The van der Waals surface area contributed by atoms with E-state index in [9.17, 15) is 9.59 Å². The lowest BCUT2D eigenvalue weighted by atomic mass is 10.1. The molecule has 2 amide bonds. The van der Waals surface area contributed by atoms with E-state index in [2.05, 4.69) is 12.2 Å². The zero-order valence-corrected chi connectivity index (χ0v) is 15.8. The van der Waals surface area contributed by atoms with E-state index in [-0.39, 0.29) is 6.10 Å². The van der Waals surface area contributed by atoms with Gasteiger partial charge in [-0.1, -0.05) is 43.3 Å². The number of ether oxygens (including phenoxy) is 1. The molecule has 5 nitrogen and oxygen atoms in total. The highest BCUT2D eigenvalue weighted by molar-refractivity contribution is 6.39. The minimum Gasteiger partial charge on any atom is -0.377 e. The first-order valence-electron chi connectivity index (χ1n) is 8.71. The summed E-state index contributed by atoms with van der Waals surface area (Å²) in [6, 6.07) is 15.3. The molecule has 26 heavy (non-hydrogen) atoms. The Morgan fingerprint density at radius 3 is 2.38 bits per heavy atom. The first kappa shape index (κ1) is 19.7. The molecule has 1 atom stereocenters. The van der Waals surface area contributed by atoms with Gasteiger partial charge in [0.05, 0.1) is 6.10 Å². The smallest absolute Gasteiger partial charge is 0.313 e. The topological polar surface area (TPSA) is 58.6 Å². The highest BCUT2D eigenvalue weighted by Crippen LogP contribution is 2.19. The standard InChI is InChI=1S/C21H26N2O3/c1-5-16-9-11-17(12-10-16)14-23(3)21(25)20(24)22-19-8-6-7-18(13-19)15(2)26-4/h6-13,15H,5,14H2,1-4H3,(H,22,24)/t15-/m1/s1. The number of methoxy groups -OCH3 is 1. The monoisotopic (exact) mass is 354 g/mol. The molecule has 0 heterocycles. The molecule has 2 aromatic rings. The van der Waals surface area contributed by atoms with Crippen molar-refractivity contribution < 1.29 is 14.3 Å². The fourth-order valence-electron chi connectivity index (χ4n) is 2.59.